The van der Waals surface area contributed by atoms with Gasteiger partial charge in [0.05, 0.1) is 23.8 Å². The van der Waals surface area contributed by atoms with Crippen LogP contribution in [0.5, 0.6) is 0 Å². The molecule has 2 aliphatic carbocycles. The minimum Gasteiger partial charge on any atom is -0.383 e. The first kappa shape index (κ1) is 32.3. The number of nitrogens with two attached hydrogens (primary N) is 2. The Hall–Kier alpha value is -5.00. The number of ether oxygens (including phenoxy) is 4. The zero-order valence-corrected chi connectivity index (χ0v) is 31.8. The smallest absolute Gasteiger partial charge is 0.237 e. The van der Waals surface area contributed by atoms with E-state index in [1.54, 1.807) is 20.4 Å². The number of rotatable bonds is 16. The molecule has 4 atom stereocenters. The number of nitrogen functional groups attached to an aromatic ring is 2. The van der Waals surface area contributed by atoms with Crippen molar-refractivity contribution in [1.29, 1.82) is 0 Å². The van der Waals surface area contributed by atoms with Crippen LogP contribution in [0.3, 0.4) is 0 Å². The van der Waals surface area contributed by atoms with Crippen LogP contribution in [0.4, 0.5) is 11.6 Å². The van der Waals surface area contributed by atoms with Crippen molar-refractivity contribution in [2.24, 2.45) is 17.7 Å². The predicted molar refractivity (Wildman–Crippen MR) is 208 cm³/mol. The Bertz CT molecular complexity index is 2190. The molecular weight excluding hydrogens is 701 g/mol. The molecule has 55 heavy (non-hydrogen) atoms. The van der Waals surface area contributed by atoms with Gasteiger partial charge in [-0.3, -0.25) is 9.36 Å². The Morgan fingerprint density at radius 1 is 0.764 bits per heavy atom. The van der Waals surface area contributed by atoms with Gasteiger partial charge in [-0.2, -0.15) is 10.2 Å². The topological polar surface area (TPSA) is 185 Å². The van der Waals surface area contributed by atoms with Crippen LogP contribution in [0.15, 0.2) is 37.4 Å². The third-order valence-corrected chi connectivity index (χ3v) is 9.85. The molecule has 16 nitrogen and oxygen atoms in total. The summed E-state index contributed by atoms with van der Waals surface area (Å²) in [7, 11) is 6.12. The highest BCUT2D eigenvalue weighted by molar-refractivity contribution is 5.67. The lowest BCUT2D eigenvalue weighted by atomic mass is 9.97. The number of methoxy groups -OCH3 is 4. The molecule has 2 saturated carbocycles. The fourth-order valence-corrected chi connectivity index (χ4v) is 6.90. The van der Waals surface area contributed by atoms with Gasteiger partial charge in [-0.1, -0.05) is 26.1 Å². The van der Waals surface area contributed by atoms with E-state index in [2.05, 4.69) is 39.8 Å². The highest BCUT2D eigenvalue weighted by Crippen LogP contribution is 2.39. The fourth-order valence-electron chi connectivity index (χ4n) is 6.90. The molecule has 0 amide bonds. The molecule has 4 heterocycles. The third kappa shape index (κ3) is 10.2. The number of anilines is 2. The van der Waals surface area contributed by atoms with Crippen molar-refractivity contribution in [2.45, 2.75) is 89.2 Å². The molecule has 2 fully saturated rings. The minimum absolute atomic E-state index is 0.104. The maximum Gasteiger partial charge on any atom is 0.237 e. The first-order chi connectivity index (χ1) is 29.4. The summed E-state index contributed by atoms with van der Waals surface area (Å²) in [5.41, 5.74) is 15.9. The fraction of sp³-hybridized carbons (Fsp3) is 0.590. The van der Waals surface area contributed by atoms with E-state index in [0.29, 0.717) is 41.5 Å². The van der Waals surface area contributed by atoms with Crippen molar-refractivity contribution in [2.75, 3.05) is 53.0 Å². The van der Waals surface area contributed by atoms with Gasteiger partial charge in [0.1, 0.15) is 36.4 Å². The van der Waals surface area contributed by atoms with E-state index in [4.69, 9.17) is 53.2 Å². The van der Waals surface area contributed by atoms with Gasteiger partial charge in [0.25, 0.3) is 0 Å². The maximum absolute atomic E-state index is 8.56. The van der Waals surface area contributed by atoms with Crippen molar-refractivity contribution in [1.82, 2.24) is 39.5 Å². The molecule has 0 aliphatic heterocycles. The molecule has 0 bridgehead atoms. The lowest BCUT2D eigenvalue weighted by Crippen LogP contribution is -2.20. The van der Waals surface area contributed by atoms with Gasteiger partial charge in [-0.05, 0) is 43.3 Å². The van der Waals surface area contributed by atoms with E-state index in [0.717, 1.165) is 36.6 Å². The van der Waals surface area contributed by atoms with Gasteiger partial charge in [0.2, 0.25) is 13.1 Å². The molecule has 0 radical (unpaired) electrons. The third-order valence-electron chi connectivity index (χ3n) is 9.85. The molecule has 4 N–H and O–H groups in total. The van der Waals surface area contributed by atoms with Crippen LogP contribution in [0.2, 0.25) is 0 Å². The summed E-state index contributed by atoms with van der Waals surface area (Å²) in [6.45, 7) is 15.8. The number of aromatic nitrogens is 8. The normalized spacial score (nSPS) is 24.2. The molecule has 16 heteroatoms. The molecule has 0 aromatic carbocycles. The van der Waals surface area contributed by atoms with E-state index in [-0.39, 0.29) is 24.8 Å². The van der Waals surface area contributed by atoms with Crippen molar-refractivity contribution >= 4 is 11.6 Å². The van der Waals surface area contributed by atoms with Gasteiger partial charge in [0.15, 0.2) is 12.6 Å². The summed E-state index contributed by atoms with van der Waals surface area (Å²) < 4.78 is 83.3. The Balaban J connectivity index is 0.000000242. The Kier molecular flexibility index (Phi) is 11.8. The standard InChI is InChI=1S/C20H28N6O2.C19H26N6O2/c1-13-5-6-14(7-13)17(10-22-2)26-11-15(9-25-26)19-16(8-18(27-3)28-4)20(21)24-12-23-19;1-21-10-16(13-6-4-5-7-13)25-11-14(9-24-25)18-15(8-17(26-2)27-3)19(20)23-12-22-18/h9,11-14,17-18H,5-8,10H2,1,3-4H3,(H2,21,23,24);9,11-13,16-17H,4-8,10H2,2-3H3,(H2,20,22,23)/t13?,14?,17-;16-/m11/s1/i5D2,6D2,7D2,13D;. The lowest BCUT2D eigenvalue weighted by molar-refractivity contribution is -0.100. The molecule has 4 aromatic heterocycles. The van der Waals surface area contributed by atoms with E-state index >= 15 is 0 Å². The number of nitrogens with zero attached hydrogens (tertiary/aromatic N) is 10. The summed E-state index contributed by atoms with van der Waals surface area (Å²) in [6, 6.07) is -1.09. The summed E-state index contributed by atoms with van der Waals surface area (Å²) in [5.74, 6) is -2.97. The molecule has 4 aromatic rings. The van der Waals surface area contributed by atoms with Crippen molar-refractivity contribution in [3.05, 3.63) is 71.4 Å². The van der Waals surface area contributed by atoms with Crippen LogP contribution in [0, 0.1) is 30.9 Å². The molecule has 6 rings (SSSR count). The maximum atomic E-state index is 8.56. The number of hydrogen-bond acceptors (Lipinski definition) is 12. The van der Waals surface area contributed by atoms with E-state index in [9.17, 15) is 0 Å². The second kappa shape index (κ2) is 20.1. The summed E-state index contributed by atoms with van der Waals surface area (Å²) in [5, 5.41) is 8.82. The molecular formula is C39H54N12O4. The predicted octanol–water partition coefficient (Wildman–Crippen LogP) is 5.71. The first-order valence-corrected chi connectivity index (χ1v) is 17.9. The Morgan fingerprint density at radius 3 is 1.62 bits per heavy atom. The molecule has 0 saturated heterocycles. The zero-order valence-electron chi connectivity index (χ0n) is 38.8. The second-order valence-electron chi connectivity index (χ2n) is 13.2. The molecule has 0 spiro atoms. The van der Waals surface area contributed by atoms with Crippen molar-refractivity contribution < 1.29 is 28.5 Å². The average Bonchev–Trinajstić information content (AvgIpc) is 4.06. The van der Waals surface area contributed by atoms with Gasteiger partial charge in [-0.15, -0.1) is 0 Å². The largest absolute Gasteiger partial charge is 0.383 e. The quantitative estimate of drug-likeness (QED) is 0.105. The van der Waals surface area contributed by atoms with Crippen LogP contribution in [-0.2, 0) is 31.8 Å². The highest BCUT2D eigenvalue weighted by Gasteiger charge is 2.33. The zero-order chi connectivity index (χ0) is 45.6. The first-order valence-electron chi connectivity index (χ1n) is 21.4. The lowest BCUT2D eigenvalue weighted by Gasteiger charge is -2.19. The minimum atomic E-state index is -2.83. The van der Waals surface area contributed by atoms with Crippen LogP contribution in [-0.4, -0.2) is 93.6 Å². The van der Waals surface area contributed by atoms with Crippen LogP contribution in [0.25, 0.3) is 32.2 Å². The van der Waals surface area contributed by atoms with E-state index in [1.807, 2.05) is 10.9 Å². The van der Waals surface area contributed by atoms with Gasteiger partial charge in [-0.25, -0.2) is 33.1 Å². The molecule has 294 valence electrons. The summed E-state index contributed by atoms with van der Waals surface area (Å²) in [6.07, 6.45) is 5.56. The van der Waals surface area contributed by atoms with E-state index < -0.39 is 49.6 Å². The van der Waals surface area contributed by atoms with Crippen LogP contribution >= 0.6 is 0 Å². The van der Waals surface area contributed by atoms with E-state index in [1.165, 1.54) is 56.8 Å². The Morgan fingerprint density at radius 2 is 1.22 bits per heavy atom. The van der Waals surface area contributed by atoms with Crippen LogP contribution in [0.1, 0.15) is 84.5 Å². The number of hydrogen-bond donors (Lipinski definition) is 2. The Labute approximate surface area is 333 Å². The summed E-state index contributed by atoms with van der Waals surface area (Å²) >= 11 is 0. The summed E-state index contributed by atoms with van der Waals surface area (Å²) in [4.78, 5) is 23.9. The second-order valence-corrected chi connectivity index (χ2v) is 13.2. The SMILES string of the molecule is [2H]C1([2H])C([C@@H](C[N+]#[C-])n2cc(-c3ncnc(N)c3CC(OC)OC)cn2)C([2H])([2H])C([2H])(C)C1([2H])[2H].[C-]#[N+]C[C@H](C1CCCC1)n1cc(-c2ncnc(N)c2CC(OC)OC)cn1. The molecule has 2 aliphatic rings. The van der Waals surface area contributed by atoms with Gasteiger partial charge in [0, 0.05) is 85.5 Å². The van der Waals surface area contributed by atoms with Gasteiger partial charge < -0.3 is 40.1 Å². The average molecular weight is 762 g/mol. The van der Waals surface area contributed by atoms with Gasteiger partial charge >= 0.3 is 0 Å². The monoisotopic (exact) mass is 761 g/mol. The molecule has 2 unspecified atom stereocenters. The van der Waals surface area contributed by atoms with Crippen molar-refractivity contribution in [3.63, 3.8) is 0 Å². The highest BCUT2D eigenvalue weighted by atomic mass is 16.7. The van der Waals surface area contributed by atoms with Crippen LogP contribution < -0.4 is 11.5 Å². The van der Waals surface area contributed by atoms with Crippen molar-refractivity contribution in [3.8, 4) is 22.5 Å².